The van der Waals surface area contributed by atoms with Crippen molar-refractivity contribution in [3.05, 3.63) is 58.6 Å². The van der Waals surface area contributed by atoms with Crippen molar-refractivity contribution in [1.82, 2.24) is 4.98 Å². The van der Waals surface area contributed by atoms with E-state index in [9.17, 15) is 9.90 Å². The van der Waals surface area contributed by atoms with Gasteiger partial charge in [0.1, 0.15) is 0 Å². The Labute approximate surface area is 134 Å². The molecule has 3 nitrogen and oxygen atoms in total. The van der Waals surface area contributed by atoms with E-state index in [4.69, 9.17) is 0 Å². The lowest BCUT2D eigenvalue weighted by molar-refractivity contribution is -0.130. The molecule has 5 heteroatoms. The average molecular weight is 321 g/mol. The van der Waals surface area contributed by atoms with E-state index in [0.29, 0.717) is 22.6 Å². The first-order valence-electron chi connectivity index (χ1n) is 6.34. The van der Waals surface area contributed by atoms with Gasteiger partial charge in [0, 0.05) is 29.5 Å². The minimum Gasteiger partial charge on any atom is -0.478 e. The fourth-order valence-corrected chi connectivity index (χ4v) is 3.54. The molecule has 0 atom stereocenters. The van der Waals surface area contributed by atoms with Crippen LogP contribution in [0, 0.1) is 0 Å². The Hall–Kier alpha value is -1.46. The Balaban J connectivity index is 3.19. The molecule has 0 unspecified atom stereocenters. The van der Waals surface area contributed by atoms with Crippen LogP contribution in [0.5, 0.6) is 0 Å². The highest BCUT2D eigenvalue weighted by Crippen LogP contribution is 2.37. The van der Waals surface area contributed by atoms with E-state index in [1.807, 2.05) is 13.8 Å². The molecule has 0 spiro atoms. The maximum atomic E-state index is 11.7. The maximum absolute atomic E-state index is 11.7. The van der Waals surface area contributed by atoms with Crippen LogP contribution < -0.4 is 0 Å². The summed E-state index contributed by atoms with van der Waals surface area (Å²) in [6.07, 6.45) is 3.21. The molecule has 0 radical (unpaired) electrons. The van der Waals surface area contributed by atoms with E-state index in [2.05, 4.69) is 18.1 Å². The van der Waals surface area contributed by atoms with Crippen LogP contribution in [0.1, 0.15) is 19.4 Å². The van der Waals surface area contributed by atoms with E-state index in [1.165, 1.54) is 23.5 Å². The molecule has 0 saturated heterocycles. The standard InChI is InChI=1S/C16H19NO2S2/c1-11(2)9-20-16(21-10-12(3)4)14(15(18)19)13-6-5-7-17-8-13/h5-8H,1,3,9-10H2,2,4H3,(H,18,19). The molecule has 1 aromatic rings. The van der Waals surface area contributed by atoms with Gasteiger partial charge in [0.05, 0.1) is 9.81 Å². The van der Waals surface area contributed by atoms with Crippen molar-refractivity contribution in [2.75, 3.05) is 11.5 Å². The molecule has 1 heterocycles. The van der Waals surface area contributed by atoms with Crippen LogP contribution in [-0.2, 0) is 4.79 Å². The summed E-state index contributed by atoms with van der Waals surface area (Å²) >= 11 is 2.99. The molecule has 0 saturated carbocycles. The van der Waals surface area contributed by atoms with Gasteiger partial charge in [0.25, 0.3) is 0 Å². The Morgan fingerprint density at radius 2 is 1.81 bits per heavy atom. The zero-order chi connectivity index (χ0) is 15.8. The molecule has 1 N–H and O–H groups in total. The third-order valence-corrected chi connectivity index (χ3v) is 5.18. The molecular weight excluding hydrogens is 302 g/mol. The number of carboxylic acid groups (broad SMARTS) is 1. The number of thioether (sulfide) groups is 2. The van der Waals surface area contributed by atoms with E-state index in [0.717, 1.165) is 15.4 Å². The van der Waals surface area contributed by atoms with Crippen molar-refractivity contribution < 1.29 is 9.90 Å². The fourth-order valence-electron chi connectivity index (χ4n) is 1.40. The zero-order valence-corrected chi connectivity index (χ0v) is 13.9. The van der Waals surface area contributed by atoms with Crippen LogP contribution in [-0.4, -0.2) is 27.6 Å². The van der Waals surface area contributed by atoms with Crippen molar-refractivity contribution in [3.8, 4) is 0 Å². The van der Waals surface area contributed by atoms with Crippen LogP contribution in [0.25, 0.3) is 5.57 Å². The summed E-state index contributed by atoms with van der Waals surface area (Å²) < 4.78 is 0.765. The molecule has 0 aliphatic rings. The first kappa shape index (κ1) is 17.6. The maximum Gasteiger partial charge on any atom is 0.338 e. The molecule has 0 amide bonds. The summed E-state index contributed by atoms with van der Waals surface area (Å²) in [5, 5.41) is 9.57. The molecule has 0 aromatic carbocycles. The molecule has 0 bridgehead atoms. The lowest BCUT2D eigenvalue weighted by Crippen LogP contribution is -2.03. The third-order valence-electron chi connectivity index (χ3n) is 2.27. The summed E-state index contributed by atoms with van der Waals surface area (Å²) in [6, 6.07) is 3.50. The monoisotopic (exact) mass is 321 g/mol. The summed E-state index contributed by atoms with van der Waals surface area (Å²) in [4.78, 5) is 15.7. The number of hydrogen-bond donors (Lipinski definition) is 1. The summed E-state index contributed by atoms with van der Waals surface area (Å²) in [5.41, 5.74) is 2.91. The van der Waals surface area contributed by atoms with Gasteiger partial charge in [0.2, 0.25) is 0 Å². The molecule has 0 aliphatic carbocycles. The minimum absolute atomic E-state index is 0.292. The number of nitrogens with zero attached hydrogens (tertiary/aromatic N) is 1. The highest BCUT2D eigenvalue weighted by atomic mass is 32.2. The molecular formula is C16H19NO2S2. The first-order valence-corrected chi connectivity index (χ1v) is 8.31. The van der Waals surface area contributed by atoms with Crippen molar-refractivity contribution in [2.45, 2.75) is 13.8 Å². The summed E-state index contributed by atoms with van der Waals surface area (Å²) in [7, 11) is 0. The second-order valence-electron chi connectivity index (χ2n) is 4.70. The molecule has 21 heavy (non-hydrogen) atoms. The second-order valence-corrected chi connectivity index (χ2v) is 6.93. The predicted molar refractivity (Wildman–Crippen MR) is 93.3 cm³/mol. The van der Waals surface area contributed by atoms with Gasteiger partial charge in [0.15, 0.2) is 0 Å². The van der Waals surface area contributed by atoms with Gasteiger partial charge < -0.3 is 5.11 Å². The van der Waals surface area contributed by atoms with Crippen LogP contribution >= 0.6 is 23.5 Å². The minimum atomic E-state index is -0.943. The van der Waals surface area contributed by atoms with Gasteiger partial charge in [-0.05, 0) is 19.9 Å². The SMILES string of the molecule is C=C(C)CSC(SCC(=C)C)=C(C(=O)O)c1cccnc1. The number of aromatic nitrogens is 1. The number of hydrogen-bond acceptors (Lipinski definition) is 4. The summed E-state index contributed by atoms with van der Waals surface area (Å²) in [6.45, 7) is 11.6. The Morgan fingerprint density at radius 3 is 2.19 bits per heavy atom. The first-order chi connectivity index (χ1) is 9.91. The molecule has 112 valence electrons. The van der Waals surface area contributed by atoms with Crippen molar-refractivity contribution >= 4 is 35.1 Å². The highest BCUT2D eigenvalue weighted by molar-refractivity contribution is 8.22. The lowest BCUT2D eigenvalue weighted by Gasteiger charge is -2.12. The number of carbonyl (C=O) groups is 1. The van der Waals surface area contributed by atoms with Crippen LogP contribution in [0.15, 0.2) is 53.1 Å². The fraction of sp³-hybridized carbons (Fsp3) is 0.250. The lowest BCUT2D eigenvalue weighted by atomic mass is 10.1. The molecule has 0 aliphatic heterocycles. The van der Waals surface area contributed by atoms with Gasteiger partial charge in [-0.15, -0.1) is 23.5 Å². The topological polar surface area (TPSA) is 50.2 Å². The Kier molecular flexibility index (Phi) is 7.32. The Bertz CT molecular complexity index is 545. The van der Waals surface area contributed by atoms with E-state index < -0.39 is 5.97 Å². The van der Waals surface area contributed by atoms with Gasteiger partial charge in [-0.25, -0.2) is 4.79 Å². The number of pyridine rings is 1. The van der Waals surface area contributed by atoms with Crippen LogP contribution in [0.4, 0.5) is 0 Å². The smallest absolute Gasteiger partial charge is 0.338 e. The molecule has 0 fully saturated rings. The quantitative estimate of drug-likeness (QED) is 0.566. The second kappa shape index (κ2) is 8.74. The zero-order valence-electron chi connectivity index (χ0n) is 12.3. The highest BCUT2D eigenvalue weighted by Gasteiger charge is 2.18. The van der Waals surface area contributed by atoms with E-state index in [-0.39, 0.29) is 0 Å². The number of carboxylic acids is 1. The third kappa shape index (κ3) is 6.23. The van der Waals surface area contributed by atoms with Gasteiger partial charge in [-0.2, -0.15) is 0 Å². The van der Waals surface area contributed by atoms with Crippen LogP contribution in [0.3, 0.4) is 0 Å². The molecule has 1 aromatic heterocycles. The van der Waals surface area contributed by atoms with Crippen molar-refractivity contribution in [3.63, 3.8) is 0 Å². The number of aliphatic carboxylic acids is 1. The number of rotatable bonds is 8. The normalized spacial score (nSPS) is 10.0. The van der Waals surface area contributed by atoms with Crippen molar-refractivity contribution in [1.29, 1.82) is 0 Å². The van der Waals surface area contributed by atoms with Crippen molar-refractivity contribution in [2.24, 2.45) is 0 Å². The van der Waals surface area contributed by atoms with Crippen LogP contribution in [0.2, 0.25) is 0 Å². The average Bonchev–Trinajstić information content (AvgIpc) is 2.42. The van der Waals surface area contributed by atoms with E-state index >= 15 is 0 Å². The van der Waals surface area contributed by atoms with Gasteiger partial charge in [-0.1, -0.05) is 30.4 Å². The van der Waals surface area contributed by atoms with Gasteiger partial charge >= 0.3 is 5.97 Å². The molecule has 1 rings (SSSR count). The Morgan fingerprint density at radius 1 is 1.24 bits per heavy atom. The predicted octanol–water partition coefficient (Wildman–Crippen LogP) is 4.45. The van der Waals surface area contributed by atoms with E-state index in [1.54, 1.807) is 24.5 Å². The largest absolute Gasteiger partial charge is 0.478 e. The van der Waals surface area contributed by atoms with Gasteiger partial charge in [-0.3, -0.25) is 4.98 Å². The summed E-state index contributed by atoms with van der Waals surface area (Å²) in [5.74, 6) is 0.437.